The van der Waals surface area contributed by atoms with E-state index < -0.39 is 0 Å². The SMILES string of the molecule is CCOc1ccccc1COC(=O)Cc1c(C)nn(CC(C)C)c1C. The van der Waals surface area contributed by atoms with Gasteiger partial charge in [0, 0.05) is 23.4 Å². The van der Waals surface area contributed by atoms with E-state index in [2.05, 4.69) is 18.9 Å². The topological polar surface area (TPSA) is 53.4 Å². The number of hydrogen-bond donors (Lipinski definition) is 0. The minimum absolute atomic E-state index is 0.216. The number of rotatable bonds is 8. The maximum atomic E-state index is 12.3. The van der Waals surface area contributed by atoms with Gasteiger partial charge < -0.3 is 9.47 Å². The van der Waals surface area contributed by atoms with Gasteiger partial charge in [0.15, 0.2) is 0 Å². The van der Waals surface area contributed by atoms with E-state index in [4.69, 9.17) is 9.47 Å². The fourth-order valence-electron chi connectivity index (χ4n) is 2.79. The Morgan fingerprint density at radius 3 is 2.64 bits per heavy atom. The van der Waals surface area contributed by atoms with Crippen molar-refractivity contribution in [2.24, 2.45) is 5.92 Å². The van der Waals surface area contributed by atoms with E-state index in [0.717, 1.165) is 34.8 Å². The Labute approximate surface area is 149 Å². The molecule has 0 saturated heterocycles. The molecule has 2 aromatic rings. The molecule has 0 atom stereocenters. The van der Waals surface area contributed by atoms with Crippen LogP contribution >= 0.6 is 0 Å². The van der Waals surface area contributed by atoms with Crippen molar-refractivity contribution in [3.8, 4) is 5.75 Å². The molecule has 0 aliphatic heterocycles. The monoisotopic (exact) mass is 344 g/mol. The molecule has 0 aliphatic rings. The van der Waals surface area contributed by atoms with E-state index in [0.29, 0.717) is 12.5 Å². The summed E-state index contributed by atoms with van der Waals surface area (Å²) >= 11 is 0. The van der Waals surface area contributed by atoms with Crippen molar-refractivity contribution in [1.82, 2.24) is 9.78 Å². The van der Waals surface area contributed by atoms with Crippen molar-refractivity contribution in [2.45, 2.75) is 54.2 Å². The first-order valence-corrected chi connectivity index (χ1v) is 8.81. The van der Waals surface area contributed by atoms with Crippen molar-refractivity contribution in [3.63, 3.8) is 0 Å². The summed E-state index contributed by atoms with van der Waals surface area (Å²) in [7, 11) is 0. The molecule has 0 spiro atoms. The van der Waals surface area contributed by atoms with Gasteiger partial charge in [0.1, 0.15) is 12.4 Å². The van der Waals surface area contributed by atoms with E-state index in [9.17, 15) is 4.79 Å². The minimum atomic E-state index is -0.249. The molecule has 5 nitrogen and oxygen atoms in total. The number of aromatic nitrogens is 2. The normalized spacial score (nSPS) is 11.0. The van der Waals surface area contributed by atoms with Crippen LogP contribution in [0.1, 0.15) is 43.3 Å². The lowest BCUT2D eigenvalue weighted by Gasteiger charge is -2.11. The Balaban J connectivity index is 2.00. The Morgan fingerprint density at radius 1 is 1.24 bits per heavy atom. The highest BCUT2D eigenvalue weighted by Crippen LogP contribution is 2.20. The van der Waals surface area contributed by atoms with Gasteiger partial charge in [0.05, 0.1) is 18.7 Å². The van der Waals surface area contributed by atoms with Crippen LogP contribution in [-0.4, -0.2) is 22.4 Å². The summed E-state index contributed by atoms with van der Waals surface area (Å²) in [5, 5.41) is 4.55. The maximum absolute atomic E-state index is 12.3. The number of esters is 1. The summed E-state index contributed by atoms with van der Waals surface area (Å²) in [5.74, 6) is 1.02. The van der Waals surface area contributed by atoms with Gasteiger partial charge in [-0.15, -0.1) is 0 Å². The van der Waals surface area contributed by atoms with E-state index in [-0.39, 0.29) is 19.0 Å². The highest BCUT2D eigenvalue weighted by atomic mass is 16.5. The first-order valence-electron chi connectivity index (χ1n) is 8.81. The average Bonchev–Trinajstić information content (AvgIpc) is 2.81. The maximum Gasteiger partial charge on any atom is 0.310 e. The molecule has 0 unspecified atom stereocenters. The van der Waals surface area contributed by atoms with Crippen LogP contribution in [0.2, 0.25) is 0 Å². The number of carbonyl (C=O) groups excluding carboxylic acids is 1. The molecule has 0 bridgehead atoms. The highest BCUT2D eigenvalue weighted by Gasteiger charge is 2.17. The molecule has 2 rings (SSSR count). The molecule has 25 heavy (non-hydrogen) atoms. The Kier molecular flexibility index (Phi) is 6.62. The van der Waals surface area contributed by atoms with Crippen LogP contribution < -0.4 is 4.74 Å². The van der Waals surface area contributed by atoms with Gasteiger partial charge in [0.2, 0.25) is 0 Å². The zero-order valence-corrected chi connectivity index (χ0v) is 15.8. The van der Waals surface area contributed by atoms with Gasteiger partial charge in [-0.2, -0.15) is 5.10 Å². The van der Waals surface area contributed by atoms with Crippen LogP contribution in [0, 0.1) is 19.8 Å². The summed E-state index contributed by atoms with van der Waals surface area (Å²) in [4.78, 5) is 12.3. The molecule has 5 heteroatoms. The molecule has 0 amide bonds. The van der Waals surface area contributed by atoms with Crippen molar-refractivity contribution in [2.75, 3.05) is 6.61 Å². The zero-order valence-electron chi connectivity index (χ0n) is 15.8. The van der Waals surface area contributed by atoms with E-state index >= 15 is 0 Å². The number of ether oxygens (including phenoxy) is 2. The van der Waals surface area contributed by atoms with Gasteiger partial charge in [-0.3, -0.25) is 9.48 Å². The lowest BCUT2D eigenvalue weighted by atomic mass is 10.1. The largest absolute Gasteiger partial charge is 0.493 e. The van der Waals surface area contributed by atoms with Crippen molar-refractivity contribution in [3.05, 3.63) is 46.8 Å². The van der Waals surface area contributed by atoms with E-state index in [1.54, 1.807) is 0 Å². The number of para-hydroxylation sites is 1. The van der Waals surface area contributed by atoms with Gasteiger partial charge in [-0.25, -0.2) is 0 Å². The quantitative estimate of drug-likeness (QED) is 0.683. The smallest absolute Gasteiger partial charge is 0.310 e. The Morgan fingerprint density at radius 2 is 1.96 bits per heavy atom. The van der Waals surface area contributed by atoms with Gasteiger partial charge >= 0.3 is 5.97 Å². The molecule has 0 radical (unpaired) electrons. The third-order valence-electron chi connectivity index (χ3n) is 4.05. The second-order valence-electron chi connectivity index (χ2n) is 6.60. The van der Waals surface area contributed by atoms with Crippen LogP contribution in [0.25, 0.3) is 0 Å². The third kappa shape index (κ3) is 5.08. The zero-order chi connectivity index (χ0) is 18.4. The summed E-state index contributed by atoms with van der Waals surface area (Å²) in [6.45, 7) is 11.8. The van der Waals surface area contributed by atoms with Crippen LogP contribution in [0.3, 0.4) is 0 Å². The highest BCUT2D eigenvalue weighted by molar-refractivity contribution is 5.73. The van der Waals surface area contributed by atoms with Crippen LogP contribution in [0.5, 0.6) is 5.75 Å². The molecular formula is C20H28N2O3. The molecule has 0 saturated carbocycles. The number of hydrogen-bond acceptors (Lipinski definition) is 4. The van der Waals surface area contributed by atoms with Crippen LogP contribution in [0.4, 0.5) is 0 Å². The Hall–Kier alpha value is -2.30. The molecule has 0 fully saturated rings. The predicted octanol–water partition coefficient (Wildman–Crippen LogP) is 3.84. The number of carbonyl (C=O) groups is 1. The summed E-state index contributed by atoms with van der Waals surface area (Å²) in [6.07, 6.45) is 0.243. The predicted molar refractivity (Wildman–Crippen MR) is 97.7 cm³/mol. The molecule has 1 heterocycles. The van der Waals surface area contributed by atoms with E-state index in [1.165, 1.54) is 0 Å². The lowest BCUT2D eigenvalue weighted by Crippen LogP contribution is -2.11. The number of benzene rings is 1. The molecule has 136 valence electrons. The van der Waals surface area contributed by atoms with Crippen molar-refractivity contribution >= 4 is 5.97 Å². The lowest BCUT2D eigenvalue weighted by molar-refractivity contribution is -0.144. The number of nitrogens with zero attached hydrogens (tertiary/aromatic N) is 2. The average molecular weight is 344 g/mol. The minimum Gasteiger partial charge on any atom is -0.493 e. The molecule has 0 N–H and O–H groups in total. The van der Waals surface area contributed by atoms with Crippen molar-refractivity contribution in [1.29, 1.82) is 0 Å². The second kappa shape index (κ2) is 8.70. The van der Waals surface area contributed by atoms with Crippen molar-refractivity contribution < 1.29 is 14.3 Å². The summed E-state index contributed by atoms with van der Waals surface area (Å²) in [5.41, 5.74) is 3.77. The number of aryl methyl sites for hydroxylation is 1. The fraction of sp³-hybridized carbons (Fsp3) is 0.500. The van der Waals surface area contributed by atoms with Crippen LogP contribution in [0.15, 0.2) is 24.3 Å². The summed E-state index contributed by atoms with van der Waals surface area (Å²) < 4.78 is 13.0. The molecule has 1 aromatic carbocycles. The van der Waals surface area contributed by atoms with Crippen LogP contribution in [-0.2, 0) is 29.1 Å². The van der Waals surface area contributed by atoms with Gasteiger partial charge in [-0.1, -0.05) is 32.0 Å². The van der Waals surface area contributed by atoms with Gasteiger partial charge in [-0.05, 0) is 32.8 Å². The fourth-order valence-corrected chi connectivity index (χ4v) is 2.79. The standard InChI is InChI=1S/C20H28N2O3/c1-6-24-19-10-8-7-9-17(19)13-25-20(23)11-18-15(4)21-22(16(18)5)12-14(2)3/h7-10,14H,6,11-13H2,1-5H3. The van der Waals surface area contributed by atoms with E-state index in [1.807, 2.05) is 49.7 Å². The first kappa shape index (κ1) is 19.0. The molecular weight excluding hydrogens is 316 g/mol. The third-order valence-corrected chi connectivity index (χ3v) is 4.05. The first-order chi connectivity index (χ1) is 11.9. The Bertz CT molecular complexity index is 720. The summed E-state index contributed by atoms with van der Waals surface area (Å²) in [6, 6.07) is 7.62. The molecule has 0 aliphatic carbocycles. The second-order valence-corrected chi connectivity index (χ2v) is 6.60. The molecule has 1 aromatic heterocycles. The van der Waals surface area contributed by atoms with Gasteiger partial charge in [0.25, 0.3) is 0 Å².